The van der Waals surface area contributed by atoms with Crippen LogP contribution >= 0.6 is 11.6 Å². The molecule has 2 aliphatic rings. The van der Waals surface area contributed by atoms with E-state index in [-0.39, 0.29) is 21.9 Å². The zero-order valence-electron chi connectivity index (χ0n) is 18.7. The highest BCUT2D eigenvalue weighted by Gasteiger charge is 2.37. The van der Waals surface area contributed by atoms with Crippen LogP contribution in [0, 0.1) is 11.7 Å². The van der Waals surface area contributed by atoms with Crippen LogP contribution in [-0.4, -0.2) is 32.1 Å². The van der Waals surface area contributed by atoms with Gasteiger partial charge in [-0.05, 0) is 60.7 Å². The Bertz CT molecular complexity index is 1390. The summed E-state index contributed by atoms with van der Waals surface area (Å²) in [5.41, 5.74) is 1.40. The normalized spacial score (nSPS) is 19.8. The van der Waals surface area contributed by atoms with Crippen molar-refractivity contribution in [1.29, 1.82) is 0 Å². The van der Waals surface area contributed by atoms with E-state index in [1.807, 2.05) is 35.2 Å². The van der Waals surface area contributed by atoms with Crippen molar-refractivity contribution in [3.63, 3.8) is 0 Å². The molecule has 1 fully saturated rings. The van der Waals surface area contributed by atoms with E-state index in [4.69, 9.17) is 11.6 Å². The number of carboxylic acid groups (broad SMARTS) is 1. The van der Waals surface area contributed by atoms with Gasteiger partial charge in [-0.15, -0.1) is 0 Å². The average Bonchev–Trinajstić information content (AvgIpc) is 3.34. The van der Waals surface area contributed by atoms with Crippen LogP contribution in [-0.2, 0) is 10.0 Å². The van der Waals surface area contributed by atoms with Gasteiger partial charge >= 0.3 is 5.97 Å². The second-order valence-electron chi connectivity index (χ2n) is 9.02. The monoisotopic (exact) mass is 514 g/mol. The number of anilines is 2. The van der Waals surface area contributed by atoms with Gasteiger partial charge in [-0.2, -0.15) is 0 Å². The van der Waals surface area contributed by atoms with E-state index >= 15 is 0 Å². The molecule has 1 aliphatic carbocycles. The minimum absolute atomic E-state index is 0.0439. The molecule has 1 atom stereocenters. The molecule has 0 unspecified atom stereocenters. The summed E-state index contributed by atoms with van der Waals surface area (Å²) < 4.78 is 44.2. The Morgan fingerprint density at radius 2 is 1.77 bits per heavy atom. The van der Waals surface area contributed by atoms with E-state index in [0.717, 1.165) is 43.5 Å². The van der Waals surface area contributed by atoms with Crippen molar-refractivity contribution in [2.45, 2.75) is 36.6 Å². The summed E-state index contributed by atoms with van der Waals surface area (Å²) in [6.07, 6.45) is 4.08. The maximum Gasteiger partial charge on any atom is 0.338 e. The van der Waals surface area contributed by atoms with Crippen molar-refractivity contribution >= 4 is 39.0 Å². The van der Waals surface area contributed by atoms with Gasteiger partial charge < -0.3 is 10.0 Å². The molecular formula is C26H24ClFN2O4S. The third-order valence-corrected chi connectivity index (χ3v) is 8.69. The number of nitrogens with one attached hydrogen (secondary N) is 1. The number of nitrogens with zero attached hydrogens (tertiary/aromatic N) is 1. The molecular weight excluding hydrogens is 491 g/mol. The maximum absolute atomic E-state index is 14.0. The molecule has 0 radical (unpaired) electrons. The van der Waals surface area contributed by atoms with Gasteiger partial charge in [-0.1, -0.05) is 48.7 Å². The Balaban J connectivity index is 1.69. The van der Waals surface area contributed by atoms with E-state index in [9.17, 15) is 22.7 Å². The van der Waals surface area contributed by atoms with Gasteiger partial charge in [-0.25, -0.2) is 22.3 Å². The zero-order chi connectivity index (χ0) is 24.7. The molecule has 35 heavy (non-hydrogen) atoms. The average molecular weight is 515 g/mol. The molecule has 1 heterocycles. The fraction of sp³-hybridized carbons (Fsp3) is 0.269. The van der Waals surface area contributed by atoms with Crippen LogP contribution in [0.4, 0.5) is 15.8 Å². The van der Waals surface area contributed by atoms with Crippen molar-refractivity contribution in [1.82, 2.24) is 4.72 Å². The van der Waals surface area contributed by atoms with Crippen molar-refractivity contribution < 1.29 is 22.7 Å². The summed E-state index contributed by atoms with van der Waals surface area (Å²) in [7, 11) is -3.93. The first-order valence-corrected chi connectivity index (χ1v) is 13.3. The number of halogens is 2. The van der Waals surface area contributed by atoms with Crippen LogP contribution in [0.2, 0.25) is 5.02 Å². The summed E-state index contributed by atoms with van der Waals surface area (Å²) in [4.78, 5) is 13.5. The van der Waals surface area contributed by atoms with Gasteiger partial charge in [0, 0.05) is 23.8 Å². The number of carbonyl (C=O) groups is 1. The molecule has 1 aliphatic heterocycles. The lowest BCUT2D eigenvalue weighted by Crippen LogP contribution is -2.43. The van der Waals surface area contributed by atoms with Gasteiger partial charge in [0.05, 0.1) is 16.3 Å². The van der Waals surface area contributed by atoms with Crippen LogP contribution < -0.4 is 9.62 Å². The molecule has 0 bridgehead atoms. The maximum atomic E-state index is 14.0. The number of carboxylic acids is 1. The number of sulfonamides is 1. The summed E-state index contributed by atoms with van der Waals surface area (Å²) in [6.45, 7) is 0.455. The molecule has 2 N–H and O–H groups in total. The van der Waals surface area contributed by atoms with Crippen molar-refractivity contribution in [2.24, 2.45) is 5.92 Å². The third-order valence-electron chi connectivity index (χ3n) is 6.86. The van der Waals surface area contributed by atoms with Crippen LogP contribution in [0.25, 0.3) is 11.1 Å². The van der Waals surface area contributed by atoms with Gasteiger partial charge in [0.2, 0.25) is 10.0 Å². The number of rotatable bonds is 4. The summed E-state index contributed by atoms with van der Waals surface area (Å²) in [5, 5.41) is 9.56. The second kappa shape index (κ2) is 9.26. The number of benzene rings is 3. The molecule has 5 rings (SSSR count). The van der Waals surface area contributed by atoms with E-state index in [1.165, 1.54) is 12.1 Å². The molecule has 3 aromatic rings. The Morgan fingerprint density at radius 3 is 2.46 bits per heavy atom. The molecule has 0 aromatic heterocycles. The number of hydrogen-bond donors (Lipinski definition) is 2. The van der Waals surface area contributed by atoms with E-state index < -0.39 is 27.4 Å². The molecule has 6 nitrogen and oxygen atoms in total. The van der Waals surface area contributed by atoms with Crippen LogP contribution in [0.5, 0.6) is 0 Å². The van der Waals surface area contributed by atoms with Crippen molar-refractivity contribution in [3.8, 4) is 11.1 Å². The topological polar surface area (TPSA) is 86.7 Å². The van der Waals surface area contributed by atoms with Gasteiger partial charge in [-0.3, -0.25) is 0 Å². The fourth-order valence-electron chi connectivity index (χ4n) is 5.10. The quantitative estimate of drug-likeness (QED) is 0.457. The van der Waals surface area contributed by atoms with Crippen LogP contribution in [0.3, 0.4) is 0 Å². The SMILES string of the molecule is O=C(O)c1cc(-c2cc3c(cc2Cl)N(c2ccccc2)C[C@@H](C2CCCC2)NS3(=O)=O)ccc1F. The fourth-order valence-corrected chi connectivity index (χ4v) is 6.88. The van der Waals surface area contributed by atoms with Gasteiger partial charge in [0.1, 0.15) is 10.7 Å². The Labute approximate surface area is 208 Å². The molecule has 0 saturated heterocycles. The Kier molecular flexibility index (Phi) is 6.29. The molecule has 1 saturated carbocycles. The highest BCUT2D eigenvalue weighted by molar-refractivity contribution is 7.89. The number of hydrogen-bond acceptors (Lipinski definition) is 4. The lowest BCUT2D eigenvalue weighted by Gasteiger charge is -2.30. The van der Waals surface area contributed by atoms with Gasteiger partial charge in [0.25, 0.3) is 0 Å². The first-order valence-electron chi connectivity index (χ1n) is 11.5. The summed E-state index contributed by atoms with van der Waals surface area (Å²) in [5.74, 6) is -2.06. The van der Waals surface area contributed by atoms with E-state index in [1.54, 1.807) is 6.07 Å². The third kappa shape index (κ3) is 4.53. The van der Waals surface area contributed by atoms with Crippen molar-refractivity contribution in [3.05, 3.63) is 77.1 Å². The van der Waals surface area contributed by atoms with Crippen LogP contribution in [0.1, 0.15) is 36.0 Å². The summed E-state index contributed by atoms with van der Waals surface area (Å²) >= 11 is 6.65. The zero-order valence-corrected chi connectivity index (χ0v) is 20.3. The second-order valence-corrected chi connectivity index (χ2v) is 11.1. The lowest BCUT2D eigenvalue weighted by atomic mass is 9.97. The first kappa shape index (κ1) is 23.8. The molecule has 3 aromatic carbocycles. The molecule has 9 heteroatoms. The Hall–Kier alpha value is -2.94. The smallest absolute Gasteiger partial charge is 0.338 e. The first-order chi connectivity index (χ1) is 16.7. The molecule has 182 valence electrons. The predicted octanol–water partition coefficient (Wildman–Crippen LogP) is 5.83. The van der Waals surface area contributed by atoms with E-state index in [2.05, 4.69) is 4.72 Å². The minimum Gasteiger partial charge on any atom is -0.478 e. The number of fused-ring (bicyclic) bond motifs is 1. The highest BCUT2D eigenvalue weighted by Crippen LogP contribution is 2.42. The molecule has 0 spiro atoms. The number of aromatic carboxylic acids is 1. The minimum atomic E-state index is -3.93. The Morgan fingerprint density at radius 1 is 1.06 bits per heavy atom. The van der Waals surface area contributed by atoms with E-state index in [0.29, 0.717) is 23.4 Å². The molecule has 0 amide bonds. The lowest BCUT2D eigenvalue weighted by molar-refractivity contribution is 0.0692. The standard InChI is InChI=1S/C26H24ClFN2O4S/c27-21-14-24-25(13-19(21)17-10-11-22(28)20(12-17)26(31)32)35(33,34)29-23(16-6-4-5-7-16)15-30(24)18-8-2-1-3-9-18/h1-3,8-14,16,23,29H,4-7,15H2,(H,31,32)/t23-/m0/s1. The number of para-hydroxylation sites is 1. The largest absolute Gasteiger partial charge is 0.478 e. The predicted molar refractivity (Wildman–Crippen MR) is 133 cm³/mol. The highest BCUT2D eigenvalue weighted by atomic mass is 35.5. The van der Waals surface area contributed by atoms with Gasteiger partial charge in [0.15, 0.2) is 0 Å². The summed E-state index contributed by atoms with van der Waals surface area (Å²) in [6, 6.07) is 15.9. The van der Waals surface area contributed by atoms with Crippen molar-refractivity contribution in [2.75, 3.05) is 11.4 Å². The van der Waals surface area contributed by atoms with Crippen LogP contribution in [0.15, 0.2) is 65.6 Å².